The van der Waals surface area contributed by atoms with Crippen molar-refractivity contribution >= 4 is 10.8 Å². The molecule has 0 N–H and O–H groups in total. The predicted octanol–water partition coefficient (Wildman–Crippen LogP) is 3.66. The van der Waals surface area contributed by atoms with Crippen LogP contribution in [-0.2, 0) is 0 Å². The van der Waals surface area contributed by atoms with Crippen molar-refractivity contribution in [3.8, 4) is 28.7 Å². The summed E-state index contributed by atoms with van der Waals surface area (Å²) in [6.07, 6.45) is -0.0126. The zero-order chi connectivity index (χ0) is 16.3. The van der Waals surface area contributed by atoms with Crippen LogP contribution in [0.4, 0.5) is 0 Å². The Morgan fingerprint density at radius 1 is 0.682 bits per heavy atom. The molecule has 2 aromatic carbocycles. The number of ether oxygens (including phenoxy) is 5. The molecule has 0 fully saturated rings. The lowest BCUT2D eigenvalue weighted by Gasteiger charge is -2.20. The molecule has 0 aliphatic heterocycles. The Bertz CT molecular complexity index is 664. The molecule has 0 atom stereocenters. The van der Waals surface area contributed by atoms with Crippen LogP contribution in [0.2, 0.25) is 0 Å². The summed E-state index contributed by atoms with van der Waals surface area (Å²) in [4.78, 5) is 0. The van der Waals surface area contributed by atoms with Crippen LogP contribution in [0.15, 0.2) is 18.2 Å². The van der Waals surface area contributed by atoms with Gasteiger partial charge in [-0.15, -0.1) is 0 Å². The van der Waals surface area contributed by atoms with Gasteiger partial charge in [-0.05, 0) is 26.0 Å². The first-order valence-corrected chi connectivity index (χ1v) is 7.03. The summed E-state index contributed by atoms with van der Waals surface area (Å²) in [5, 5.41) is 1.56. The smallest absolute Gasteiger partial charge is 0.173 e. The molecule has 0 aromatic heterocycles. The molecule has 2 rings (SSSR count). The van der Waals surface area contributed by atoms with Crippen molar-refractivity contribution in [1.82, 2.24) is 0 Å². The standard InChI is InChI=1S/C17H22O5/c1-10(2)22-17-14(21-6)9-13(20-5)15-11(18-3)7-8-12(19-4)16(15)17/h7-10H,1-6H3. The van der Waals surface area contributed by atoms with E-state index in [0.29, 0.717) is 28.7 Å². The van der Waals surface area contributed by atoms with Gasteiger partial charge in [0.2, 0.25) is 0 Å². The van der Waals surface area contributed by atoms with Crippen molar-refractivity contribution in [1.29, 1.82) is 0 Å². The molecule has 22 heavy (non-hydrogen) atoms. The molecular formula is C17H22O5. The lowest BCUT2D eigenvalue weighted by molar-refractivity contribution is 0.232. The van der Waals surface area contributed by atoms with Crippen molar-refractivity contribution in [3.63, 3.8) is 0 Å². The molecule has 0 aliphatic carbocycles. The Morgan fingerprint density at radius 2 is 1.18 bits per heavy atom. The van der Waals surface area contributed by atoms with Gasteiger partial charge >= 0.3 is 0 Å². The molecule has 5 heteroatoms. The highest BCUT2D eigenvalue weighted by molar-refractivity contribution is 6.03. The van der Waals surface area contributed by atoms with Crippen LogP contribution in [0.25, 0.3) is 10.8 Å². The zero-order valence-corrected chi connectivity index (χ0v) is 13.9. The normalized spacial score (nSPS) is 10.7. The maximum Gasteiger partial charge on any atom is 0.173 e. The molecule has 0 spiro atoms. The summed E-state index contributed by atoms with van der Waals surface area (Å²) in [6, 6.07) is 5.48. The first kappa shape index (κ1) is 16.1. The maximum atomic E-state index is 5.97. The third kappa shape index (κ3) is 2.71. The summed E-state index contributed by atoms with van der Waals surface area (Å²) >= 11 is 0. The Balaban J connectivity index is 2.95. The summed E-state index contributed by atoms with van der Waals surface area (Å²) in [6.45, 7) is 3.92. The zero-order valence-electron chi connectivity index (χ0n) is 13.9. The average molecular weight is 306 g/mol. The topological polar surface area (TPSA) is 46.2 Å². The van der Waals surface area contributed by atoms with Crippen molar-refractivity contribution in [2.75, 3.05) is 28.4 Å². The highest BCUT2D eigenvalue weighted by Crippen LogP contribution is 2.49. The van der Waals surface area contributed by atoms with E-state index in [4.69, 9.17) is 23.7 Å². The van der Waals surface area contributed by atoms with Gasteiger partial charge < -0.3 is 23.7 Å². The minimum absolute atomic E-state index is 0.0126. The highest BCUT2D eigenvalue weighted by Gasteiger charge is 2.22. The lowest BCUT2D eigenvalue weighted by atomic mass is 10.1. The van der Waals surface area contributed by atoms with E-state index in [1.165, 1.54) is 0 Å². The summed E-state index contributed by atoms with van der Waals surface area (Å²) in [7, 11) is 6.44. The Labute approximate surface area is 130 Å². The van der Waals surface area contributed by atoms with Crippen LogP contribution in [0.5, 0.6) is 28.7 Å². The third-order valence-corrected chi connectivity index (χ3v) is 3.32. The minimum atomic E-state index is -0.0126. The quantitative estimate of drug-likeness (QED) is 0.815. The van der Waals surface area contributed by atoms with Crippen LogP contribution >= 0.6 is 0 Å². The van der Waals surface area contributed by atoms with Gasteiger partial charge in [0.05, 0.1) is 45.3 Å². The second kappa shape index (κ2) is 6.64. The van der Waals surface area contributed by atoms with E-state index >= 15 is 0 Å². The van der Waals surface area contributed by atoms with E-state index in [0.717, 1.165) is 10.8 Å². The van der Waals surface area contributed by atoms with E-state index < -0.39 is 0 Å². The van der Waals surface area contributed by atoms with E-state index in [1.54, 1.807) is 34.5 Å². The number of fused-ring (bicyclic) bond motifs is 1. The second-order valence-electron chi connectivity index (χ2n) is 5.00. The van der Waals surface area contributed by atoms with E-state index in [-0.39, 0.29) is 6.10 Å². The molecule has 0 unspecified atom stereocenters. The lowest BCUT2D eigenvalue weighted by Crippen LogP contribution is -2.08. The number of methoxy groups -OCH3 is 4. The highest BCUT2D eigenvalue weighted by atomic mass is 16.5. The van der Waals surface area contributed by atoms with E-state index in [2.05, 4.69) is 0 Å². The van der Waals surface area contributed by atoms with Crippen LogP contribution < -0.4 is 23.7 Å². The minimum Gasteiger partial charge on any atom is -0.496 e. The van der Waals surface area contributed by atoms with Gasteiger partial charge in [0.25, 0.3) is 0 Å². The Morgan fingerprint density at radius 3 is 1.64 bits per heavy atom. The number of hydrogen-bond acceptors (Lipinski definition) is 5. The van der Waals surface area contributed by atoms with Crippen molar-refractivity contribution in [3.05, 3.63) is 18.2 Å². The monoisotopic (exact) mass is 306 g/mol. The van der Waals surface area contributed by atoms with Gasteiger partial charge in [-0.25, -0.2) is 0 Å². The molecule has 0 amide bonds. The summed E-state index contributed by atoms with van der Waals surface area (Å²) in [5.41, 5.74) is 0. The van der Waals surface area contributed by atoms with Gasteiger partial charge in [0.15, 0.2) is 11.5 Å². The number of benzene rings is 2. The number of hydrogen-bond donors (Lipinski definition) is 0. The SMILES string of the molecule is COc1cc(OC)c2c(OC)ccc(OC)c2c1OC(C)C. The van der Waals surface area contributed by atoms with Gasteiger partial charge in [-0.3, -0.25) is 0 Å². The predicted molar refractivity (Wildman–Crippen MR) is 85.9 cm³/mol. The summed E-state index contributed by atoms with van der Waals surface area (Å²) in [5.74, 6) is 3.19. The first-order valence-electron chi connectivity index (χ1n) is 7.03. The van der Waals surface area contributed by atoms with E-state index in [1.807, 2.05) is 26.0 Å². The number of rotatable bonds is 6. The third-order valence-electron chi connectivity index (χ3n) is 3.32. The van der Waals surface area contributed by atoms with Crippen LogP contribution in [0, 0.1) is 0 Å². The fourth-order valence-electron chi connectivity index (χ4n) is 2.42. The molecule has 0 saturated heterocycles. The molecular weight excluding hydrogens is 284 g/mol. The average Bonchev–Trinajstić information content (AvgIpc) is 2.53. The fourth-order valence-corrected chi connectivity index (χ4v) is 2.42. The fraction of sp³-hybridized carbons (Fsp3) is 0.412. The van der Waals surface area contributed by atoms with Gasteiger partial charge in [0, 0.05) is 6.07 Å². The maximum absolute atomic E-state index is 5.97. The van der Waals surface area contributed by atoms with Gasteiger partial charge in [-0.2, -0.15) is 0 Å². The molecule has 0 heterocycles. The first-order chi connectivity index (χ1) is 10.6. The summed E-state index contributed by atoms with van der Waals surface area (Å²) < 4.78 is 27.9. The van der Waals surface area contributed by atoms with Crippen molar-refractivity contribution in [2.45, 2.75) is 20.0 Å². The molecule has 0 aliphatic rings. The molecule has 0 bridgehead atoms. The Hall–Kier alpha value is -2.30. The molecule has 0 saturated carbocycles. The van der Waals surface area contributed by atoms with Crippen LogP contribution in [0.1, 0.15) is 13.8 Å². The van der Waals surface area contributed by atoms with Crippen molar-refractivity contribution < 1.29 is 23.7 Å². The molecule has 5 nitrogen and oxygen atoms in total. The second-order valence-corrected chi connectivity index (χ2v) is 5.00. The largest absolute Gasteiger partial charge is 0.496 e. The van der Waals surface area contributed by atoms with Gasteiger partial charge in [0.1, 0.15) is 17.2 Å². The molecule has 0 radical (unpaired) electrons. The van der Waals surface area contributed by atoms with Crippen LogP contribution in [0.3, 0.4) is 0 Å². The Kier molecular flexibility index (Phi) is 4.85. The molecule has 2 aromatic rings. The molecule has 120 valence electrons. The van der Waals surface area contributed by atoms with Crippen molar-refractivity contribution in [2.24, 2.45) is 0 Å². The van der Waals surface area contributed by atoms with Crippen LogP contribution in [-0.4, -0.2) is 34.5 Å². The van der Waals surface area contributed by atoms with E-state index in [9.17, 15) is 0 Å². The van der Waals surface area contributed by atoms with Gasteiger partial charge in [-0.1, -0.05) is 0 Å².